The van der Waals surface area contributed by atoms with E-state index in [4.69, 9.17) is 0 Å². The van der Waals surface area contributed by atoms with Gasteiger partial charge in [0, 0.05) is 0 Å². The summed E-state index contributed by atoms with van der Waals surface area (Å²) in [7, 11) is -2.90. The summed E-state index contributed by atoms with van der Waals surface area (Å²) in [5.74, 6) is 0. The Kier molecular flexibility index (Phi) is 2.85. The highest BCUT2D eigenvalue weighted by Gasteiger charge is 2.41. The molecule has 0 aromatic carbocycles. The molecular formula is C10H18O2S. The van der Waals surface area contributed by atoms with Gasteiger partial charge < -0.3 is 0 Å². The van der Waals surface area contributed by atoms with Gasteiger partial charge >= 0.3 is 0 Å². The van der Waals surface area contributed by atoms with Gasteiger partial charge in [0.2, 0.25) is 0 Å². The maximum absolute atomic E-state index is 11.9. The van der Waals surface area contributed by atoms with Crippen LogP contribution in [0.15, 0.2) is 11.1 Å². The van der Waals surface area contributed by atoms with Crippen LogP contribution < -0.4 is 0 Å². The number of hydrogen-bond donors (Lipinski definition) is 0. The molecule has 0 bridgehead atoms. The predicted octanol–water partition coefficient (Wildman–Crippen LogP) is 2.31. The standard InChI is InChI=1S/C10H18O2S/c1-5-9-7(3)8(4)10(6-2)13(9,11)12/h9-10H,5-6H2,1-4H3. The van der Waals surface area contributed by atoms with E-state index in [-0.39, 0.29) is 10.5 Å². The van der Waals surface area contributed by atoms with Crippen molar-refractivity contribution >= 4 is 9.84 Å². The third-order valence-corrected chi connectivity index (χ3v) is 6.08. The van der Waals surface area contributed by atoms with Crippen LogP contribution >= 0.6 is 0 Å². The average Bonchev–Trinajstić information content (AvgIpc) is 2.20. The minimum absolute atomic E-state index is 0.211. The third-order valence-electron chi connectivity index (χ3n) is 3.12. The lowest BCUT2D eigenvalue weighted by Crippen LogP contribution is -2.24. The summed E-state index contributed by atoms with van der Waals surface area (Å²) < 4.78 is 23.9. The summed E-state index contributed by atoms with van der Waals surface area (Å²) in [6.07, 6.45) is 1.42. The van der Waals surface area contributed by atoms with Crippen molar-refractivity contribution in [1.82, 2.24) is 0 Å². The lowest BCUT2D eigenvalue weighted by Gasteiger charge is -2.12. The van der Waals surface area contributed by atoms with Gasteiger partial charge in [-0.2, -0.15) is 0 Å². The van der Waals surface area contributed by atoms with Gasteiger partial charge in [-0.3, -0.25) is 0 Å². The van der Waals surface area contributed by atoms with Crippen LogP contribution in [0.4, 0.5) is 0 Å². The molecule has 3 heteroatoms. The van der Waals surface area contributed by atoms with Crippen LogP contribution in [0.5, 0.6) is 0 Å². The van der Waals surface area contributed by atoms with E-state index in [0.29, 0.717) is 12.8 Å². The van der Waals surface area contributed by atoms with Crippen LogP contribution in [0.25, 0.3) is 0 Å². The monoisotopic (exact) mass is 202 g/mol. The molecular weight excluding hydrogens is 184 g/mol. The lowest BCUT2D eigenvalue weighted by molar-refractivity contribution is 0.579. The van der Waals surface area contributed by atoms with Gasteiger partial charge in [0.05, 0.1) is 10.5 Å². The van der Waals surface area contributed by atoms with Crippen molar-refractivity contribution < 1.29 is 8.42 Å². The quantitative estimate of drug-likeness (QED) is 0.644. The molecule has 0 aliphatic carbocycles. The highest BCUT2D eigenvalue weighted by atomic mass is 32.2. The van der Waals surface area contributed by atoms with E-state index in [1.54, 1.807) is 0 Å². The van der Waals surface area contributed by atoms with Gasteiger partial charge in [-0.1, -0.05) is 25.0 Å². The molecule has 76 valence electrons. The van der Waals surface area contributed by atoms with Gasteiger partial charge in [-0.05, 0) is 26.7 Å². The molecule has 0 N–H and O–H groups in total. The molecule has 0 spiro atoms. The molecule has 0 fully saturated rings. The van der Waals surface area contributed by atoms with Crippen molar-refractivity contribution in [2.24, 2.45) is 0 Å². The highest BCUT2D eigenvalue weighted by Crippen LogP contribution is 2.35. The molecule has 0 radical (unpaired) electrons. The second-order valence-electron chi connectivity index (χ2n) is 3.75. The fourth-order valence-corrected chi connectivity index (χ4v) is 4.96. The van der Waals surface area contributed by atoms with Crippen molar-refractivity contribution in [3.8, 4) is 0 Å². The molecule has 0 aromatic rings. The number of sulfone groups is 1. The minimum Gasteiger partial charge on any atom is -0.228 e. The Bertz CT molecular complexity index is 299. The maximum atomic E-state index is 11.9. The minimum atomic E-state index is -2.90. The zero-order valence-corrected chi connectivity index (χ0v) is 9.61. The first-order valence-electron chi connectivity index (χ1n) is 4.86. The summed E-state index contributed by atoms with van der Waals surface area (Å²) in [5.41, 5.74) is 2.16. The average molecular weight is 202 g/mol. The highest BCUT2D eigenvalue weighted by molar-refractivity contribution is 7.93. The summed E-state index contributed by atoms with van der Waals surface area (Å²) >= 11 is 0. The van der Waals surface area contributed by atoms with Gasteiger partial charge in [0.1, 0.15) is 0 Å². The molecule has 1 heterocycles. The van der Waals surface area contributed by atoms with E-state index >= 15 is 0 Å². The Morgan fingerprint density at radius 3 is 1.46 bits per heavy atom. The summed E-state index contributed by atoms with van der Waals surface area (Å²) in [6, 6.07) is 0. The van der Waals surface area contributed by atoms with Crippen LogP contribution in [0.1, 0.15) is 40.5 Å². The third kappa shape index (κ3) is 1.43. The summed E-state index contributed by atoms with van der Waals surface area (Å²) in [6.45, 7) is 7.79. The van der Waals surface area contributed by atoms with E-state index in [1.165, 1.54) is 0 Å². The van der Waals surface area contributed by atoms with Crippen molar-refractivity contribution in [2.45, 2.75) is 51.0 Å². The van der Waals surface area contributed by atoms with Crippen LogP contribution in [-0.4, -0.2) is 18.9 Å². The number of hydrogen-bond acceptors (Lipinski definition) is 2. The molecule has 2 unspecified atom stereocenters. The smallest absolute Gasteiger partial charge is 0.163 e. The molecule has 0 saturated heterocycles. The maximum Gasteiger partial charge on any atom is 0.163 e. The Hall–Kier alpha value is -0.310. The van der Waals surface area contributed by atoms with Crippen molar-refractivity contribution in [2.75, 3.05) is 0 Å². The van der Waals surface area contributed by atoms with E-state index in [9.17, 15) is 8.42 Å². The van der Waals surface area contributed by atoms with Crippen molar-refractivity contribution in [3.05, 3.63) is 11.1 Å². The zero-order valence-electron chi connectivity index (χ0n) is 8.79. The van der Waals surface area contributed by atoms with Gasteiger partial charge in [-0.15, -0.1) is 0 Å². The first-order valence-corrected chi connectivity index (χ1v) is 6.47. The fourth-order valence-electron chi connectivity index (χ4n) is 2.28. The molecule has 1 rings (SSSR count). The SMILES string of the molecule is CCC1C(C)=C(C)C(CC)S1(=O)=O. The first-order chi connectivity index (χ1) is 5.96. The summed E-state index contributed by atoms with van der Waals surface area (Å²) in [4.78, 5) is 0. The zero-order chi connectivity index (χ0) is 10.2. The largest absolute Gasteiger partial charge is 0.228 e. The van der Waals surface area contributed by atoms with Gasteiger partial charge in [-0.25, -0.2) is 8.42 Å². The Balaban J connectivity index is 3.19. The van der Waals surface area contributed by atoms with Crippen LogP contribution in [-0.2, 0) is 9.84 Å². The Labute approximate surface area is 81.0 Å². The van der Waals surface area contributed by atoms with E-state index in [0.717, 1.165) is 11.1 Å². The lowest BCUT2D eigenvalue weighted by atomic mass is 10.0. The van der Waals surface area contributed by atoms with Crippen LogP contribution in [0, 0.1) is 0 Å². The van der Waals surface area contributed by atoms with Crippen LogP contribution in [0.2, 0.25) is 0 Å². The Morgan fingerprint density at radius 1 is 1.00 bits per heavy atom. The van der Waals surface area contributed by atoms with Crippen LogP contribution in [0.3, 0.4) is 0 Å². The second kappa shape index (κ2) is 3.45. The normalized spacial score (nSPS) is 32.6. The molecule has 2 atom stereocenters. The Morgan fingerprint density at radius 2 is 1.31 bits per heavy atom. The first kappa shape index (κ1) is 10.8. The molecule has 1 aliphatic heterocycles. The molecule has 1 aliphatic rings. The van der Waals surface area contributed by atoms with E-state index in [1.807, 2.05) is 27.7 Å². The van der Waals surface area contributed by atoms with Gasteiger partial charge in [0.15, 0.2) is 9.84 Å². The fraction of sp³-hybridized carbons (Fsp3) is 0.800. The predicted molar refractivity (Wildman–Crippen MR) is 55.5 cm³/mol. The van der Waals surface area contributed by atoms with Gasteiger partial charge in [0.25, 0.3) is 0 Å². The van der Waals surface area contributed by atoms with E-state index in [2.05, 4.69) is 0 Å². The van der Waals surface area contributed by atoms with E-state index < -0.39 is 9.84 Å². The molecule has 0 saturated carbocycles. The molecule has 13 heavy (non-hydrogen) atoms. The molecule has 0 aromatic heterocycles. The summed E-state index contributed by atoms with van der Waals surface area (Å²) in [5, 5.41) is -0.421. The topological polar surface area (TPSA) is 34.1 Å². The molecule has 2 nitrogen and oxygen atoms in total. The van der Waals surface area contributed by atoms with Crippen molar-refractivity contribution in [1.29, 1.82) is 0 Å². The van der Waals surface area contributed by atoms with Crippen molar-refractivity contribution in [3.63, 3.8) is 0 Å². The second-order valence-corrected chi connectivity index (χ2v) is 6.06. The molecule has 0 amide bonds. The number of rotatable bonds is 2.